The Labute approximate surface area is 164 Å². The van der Waals surface area contributed by atoms with Crippen LogP contribution in [0, 0.1) is 5.41 Å². The molecule has 0 aliphatic carbocycles. The van der Waals surface area contributed by atoms with E-state index in [-0.39, 0.29) is 11.6 Å². The van der Waals surface area contributed by atoms with Crippen LogP contribution in [0.4, 0.5) is 5.69 Å². The van der Waals surface area contributed by atoms with E-state index in [4.69, 9.17) is 16.3 Å². The van der Waals surface area contributed by atoms with Crippen molar-refractivity contribution in [3.63, 3.8) is 0 Å². The fourth-order valence-electron chi connectivity index (χ4n) is 2.09. The molecule has 0 spiro atoms. The van der Waals surface area contributed by atoms with Crippen LogP contribution >= 0.6 is 11.6 Å². The van der Waals surface area contributed by atoms with Crippen molar-refractivity contribution in [2.45, 2.75) is 20.8 Å². The van der Waals surface area contributed by atoms with Gasteiger partial charge in [-0.3, -0.25) is 9.59 Å². The molecular weight excluding hydrogens is 364 g/mol. The van der Waals surface area contributed by atoms with Crippen molar-refractivity contribution in [3.8, 4) is 5.75 Å². The minimum absolute atomic E-state index is 0.125. The van der Waals surface area contributed by atoms with Gasteiger partial charge >= 0.3 is 0 Å². The van der Waals surface area contributed by atoms with Crippen LogP contribution in [0.2, 0.25) is 5.02 Å². The van der Waals surface area contributed by atoms with E-state index in [0.717, 1.165) is 5.56 Å². The van der Waals surface area contributed by atoms with Crippen LogP contribution in [0.25, 0.3) is 6.08 Å². The average Bonchev–Trinajstić information content (AvgIpc) is 2.62. The first-order valence-electron chi connectivity index (χ1n) is 8.44. The van der Waals surface area contributed by atoms with Crippen LogP contribution in [0.3, 0.4) is 0 Å². The second kappa shape index (κ2) is 8.73. The predicted molar refractivity (Wildman–Crippen MR) is 109 cm³/mol. The highest BCUT2D eigenvalue weighted by atomic mass is 35.5. The molecule has 5 nitrogen and oxygen atoms in total. The van der Waals surface area contributed by atoms with Crippen molar-refractivity contribution in [2.24, 2.45) is 5.41 Å². The third-order valence-corrected chi connectivity index (χ3v) is 4.05. The van der Waals surface area contributed by atoms with E-state index in [0.29, 0.717) is 16.5 Å². The van der Waals surface area contributed by atoms with Gasteiger partial charge in [0.2, 0.25) is 5.91 Å². The number of methoxy groups -OCH3 is 1. The summed E-state index contributed by atoms with van der Waals surface area (Å²) in [6.45, 7) is 5.33. The Hall–Kier alpha value is -2.79. The predicted octanol–water partition coefficient (Wildman–Crippen LogP) is 4.49. The first-order valence-corrected chi connectivity index (χ1v) is 8.81. The maximum Gasteiger partial charge on any atom is 0.272 e. The topological polar surface area (TPSA) is 67.4 Å². The number of carbonyl (C=O) groups is 2. The second-order valence-electron chi connectivity index (χ2n) is 6.97. The van der Waals surface area contributed by atoms with Gasteiger partial charge in [0.15, 0.2) is 0 Å². The molecule has 0 aromatic heterocycles. The Morgan fingerprint density at radius 3 is 2.22 bits per heavy atom. The lowest BCUT2D eigenvalue weighted by Crippen LogP contribution is -2.38. The van der Waals surface area contributed by atoms with E-state index < -0.39 is 11.3 Å². The Morgan fingerprint density at radius 2 is 1.67 bits per heavy atom. The monoisotopic (exact) mass is 386 g/mol. The minimum atomic E-state index is -0.649. The second-order valence-corrected chi connectivity index (χ2v) is 7.38. The fourth-order valence-corrected chi connectivity index (χ4v) is 2.27. The summed E-state index contributed by atoms with van der Waals surface area (Å²) < 4.78 is 5.14. The lowest BCUT2D eigenvalue weighted by molar-refractivity contribution is -0.128. The summed E-state index contributed by atoms with van der Waals surface area (Å²) in [6.07, 6.45) is 1.61. The van der Waals surface area contributed by atoms with E-state index in [1.807, 2.05) is 0 Å². The number of hydrogen-bond acceptors (Lipinski definition) is 3. The number of amides is 2. The molecule has 2 aromatic carbocycles. The van der Waals surface area contributed by atoms with Gasteiger partial charge in [0.1, 0.15) is 11.4 Å². The zero-order chi connectivity index (χ0) is 20.0. The van der Waals surface area contributed by atoms with Crippen LogP contribution in [-0.2, 0) is 9.59 Å². The zero-order valence-electron chi connectivity index (χ0n) is 15.8. The molecule has 2 aromatic rings. The van der Waals surface area contributed by atoms with Crippen LogP contribution in [0.5, 0.6) is 5.75 Å². The molecule has 6 heteroatoms. The normalized spacial score (nSPS) is 11.7. The largest absolute Gasteiger partial charge is 0.497 e. The third kappa shape index (κ3) is 5.86. The molecule has 27 heavy (non-hydrogen) atoms. The molecule has 0 saturated carbocycles. The van der Waals surface area contributed by atoms with Crippen molar-refractivity contribution in [2.75, 3.05) is 12.4 Å². The van der Waals surface area contributed by atoms with Gasteiger partial charge in [-0.05, 0) is 35.9 Å². The molecule has 142 valence electrons. The van der Waals surface area contributed by atoms with Crippen molar-refractivity contribution in [1.82, 2.24) is 5.32 Å². The molecule has 2 N–H and O–H groups in total. The summed E-state index contributed by atoms with van der Waals surface area (Å²) in [5.74, 6) is -0.0268. The van der Waals surface area contributed by atoms with Gasteiger partial charge in [0.25, 0.3) is 5.91 Å². The Bertz CT molecular complexity index is 852. The summed E-state index contributed by atoms with van der Waals surface area (Å²) >= 11 is 6.11. The number of hydrogen-bond donors (Lipinski definition) is 2. The molecule has 0 heterocycles. The average molecular weight is 387 g/mol. The number of carbonyl (C=O) groups excluding carboxylic acids is 2. The zero-order valence-corrected chi connectivity index (χ0v) is 16.6. The molecule has 0 atom stereocenters. The van der Waals surface area contributed by atoms with Gasteiger partial charge in [-0.15, -0.1) is 0 Å². The minimum Gasteiger partial charge on any atom is -0.497 e. The molecular formula is C21H23ClN2O3. The van der Waals surface area contributed by atoms with Crippen molar-refractivity contribution >= 4 is 35.2 Å². The number of benzene rings is 2. The van der Waals surface area contributed by atoms with Crippen LogP contribution in [-0.4, -0.2) is 18.9 Å². The van der Waals surface area contributed by atoms with Crippen LogP contribution < -0.4 is 15.4 Å². The quantitative estimate of drug-likeness (QED) is 0.744. The molecule has 0 fully saturated rings. The number of ether oxygens (including phenoxy) is 1. The number of para-hydroxylation sites is 1. The molecule has 0 aliphatic rings. The fraction of sp³-hybridized carbons (Fsp3) is 0.238. The maximum absolute atomic E-state index is 12.8. The van der Waals surface area contributed by atoms with Crippen molar-refractivity contribution < 1.29 is 14.3 Å². The lowest BCUT2D eigenvalue weighted by atomic mass is 9.95. The lowest BCUT2D eigenvalue weighted by Gasteiger charge is -2.19. The summed E-state index contributed by atoms with van der Waals surface area (Å²) in [6, 6.07) is 14.1. The summed E-state index contributed by atoms with van der Waals surface area (Å²) in [5.41, 5.74) is 0.688. The van der Waals surface area contributed by atoms with Gasteiger partial charge < -0.3 is 15.4 Å². The van der Waals surface area contributed by atoms with Crippen LogP contribution in [0.1, 0.15) is 26.3 Å². The molecule has 0 saturated heterocycles. The van der Waals surface area contributed by atoms with Crippen molar-refractivity contribution in [3.05, 3.63) is 64.8 Å². The summed E-state index contributed by atoms with van der Waals surface area (Å²) in [5, 5.41) is 5.85. The first kappa shape index (κ1) is 20.5. The van der Waals surface area contributed by atoms with E-state index >= 15 is 0 Å². The first-order chi connectivity index (χ1) is 12.7. The number of rotatable bonds is 5. The van der Waals surface area contributed by atoms with Gasteiger partial charge in [0, 0.05) is 5.41 Å². The van der Waals surface area contributed by atoms with Gasteiger partial charge in [-0.2, -0.15) is 0 Å². The molecule has 0 bridgehead atoms. The molecule has 0 radical (unpaired) electrons. The number of nitrogens with one attached hydrogen (secondary N) is 2. The Morgan fingerprint density at radius 1 is 1.04 bits per heavy atom. The maximum atomic E-state index is 12.8. The Balaban J connectivity index is 2.33. The molecule has 2 amide bonds. The van der Waals surface area contributed by atoms with Crippen LogP contribution in [0.15, 0.2) is 54.2 Å². The molecule has 0 unspecified atom stereocenters. The number of anilines is 1. The van der Waals surface area contributed by atoms with Gasteiger partial charge in [0.05, 0.1) is 17.8 Å². The highest BCUT2D eigenvalue weighted by Crippen LogP contribution is 2.22. The van der Waals surface area contributed by atoms with E-state index in [1.54, 1.807) is 82.5 Å². The van der Waals surface area contributed by atoms with Gasteiger partial charge in [-0.25, -0.2) is 0 Å². The standard InChI is InChI=1S/C21H23ClN2O3/c1-21(2,3)20(26)24-18(13-14-9-11-15(27-4)12-10-14)19(25)23-17-8-6-5-7-16(17)22/h5-13H,1-4H3,(H,23,25)(H,24,26)/b18-13+. The highest BCUT2D eigenvalue weighted by molar-refractivity contribution is 6.34. The molecule has 0 aliphatic heterocycles. The van der Waals surface area contributed by atoms with Crippen molar-refractivity contribution in [1.29, 1.82) is 0 Å². The smallest absolute Gasteiger partial charge is 0.272 e. The van der Waals surface area contributed by atoms with E-state index in [2.05, 4.69) is 10.6 Å². The summed E-state index contributed by atoms with van der Waals surface area (Å²) in [4.78, 5) is 25.2. The third-order valence-electron chi connectivity index (χ3n) is 3.72. The SMILES string of the molecule is COc1ccc(/C=C(/NC(=O)C(C)(C)C)C(=O)Nc2ccccc2Cl)cc1. The van der Waals surface area contributed by atoms with E-state index in [1.165, 1.54) is 0 Å². The highest BCUT2D eigenvalue weighted by Gasteiger charge is 2.24. The molecule has 2 rings (SSSR count). The Kier molecular flexibility index (Phi) is 6.64. The van der Waals surface area contributed by atoms with E-state index in [9.17, 15) is 9.59 Å². The van der Waals surface area contributed by atoms with Gasteiger partial charge in [-0.1, -0.05) is 56.6 Å². The number of halogens is 1. The summed E-state index contributed by atoms with van der Waals surface area (Å²) in [7, 11) is 1.58.